The normalized spacial score (nSPS) is 10.7. The Morgan fingerprint density at radius 3 is 2.85 bits per heavy atom. The SMILES string of the molecule is CCCn1c(SCC(=O)O)nnc1-c1ccc(F)cn1. The smallest absolute Gasteiger partial charge is 0.313 e. The molecule has 0 bridgehead atoms. The molecule has 0 atom stereocenters. The molecule has 0 unspecified atom stereocenters. The first kappa shape index (κ1) is 14.4. The third-order valence-corrected chi connectivity index (χ3v) is 3.40. The molecule has 6 nitrogen and oxygen atoms in total. The highest BCUT2D eigenvalue weighted by Crippen LogP contribution is 2.23. The Morgan fingerprint density at radius 2 is 2.25 bits per heavy atom. The second kappa shape index (κ2) is 6.47. The van der Waals surface area contributed by atoms with Crippen LogP contribution in [0.15, 0.2) is 23.5 Å². The Labute approximate surface area is 119 Å². The number of carboxylic acids is 1. The van der Waals surface area contributed by atoms with Crippen LogP contribution in [-0.4, -0.2) is 36.6 Å². The number of pyridine rings is 1. The van der Waals surface area contributed by atoms with E-state index in [1.54, 1.807) is 4.57 Å². The largest absolute Gasteiger partial charge is 0.481 e. The van der Waals surface area contributed by atoms with Crippen LogP contribution in [0.4, 0.5) is 4.39 Å². The van der Waals surface area contributed by atoms with Crippen LogP contribution in [0, 0.1) is 5.82 Å². The van der Waals surface area contributed by atoms with Gasteiger partial charge in [-0.05, 0) is 18.6 Å². The molecule has 0 radical (unpaired) electrons. The summed E-state index contributed by atoms with van der Waals surface area (Å²) in [6.45, 7) is 2.64. The van der Waals surface area contributed by atoms with Crippen molar-refractivity contribution in [1.29, 1.82) is 0 Å². The van der Waals surface area contributed by atoms with Gasteiger partial charge in [-0.3, -0.25) is 4.79 Å². The van der Waals surface area contributed by atoms with Crippen LogP contribution in [0.2, 0.25) is 0 Å². The maximum atomic E-state index is 12.9. The average Bonchev–Trinajstić information content (AvgIpc) is 2.81. The zero-order valence-corrected chi connectivity index (χ0v) is 11.6. The highest BCUT2D eigenvalue weighted by atomic mass is 32.2. The Balaban J connectivity index is 2.32. The van der Waals surface area contributed by atoms with Gasteiger partial charge < -0.3 is 9.67 Å². The van der Waals surface area contributed by atoms with Gasteiger partial charge in [-0.2, -0.15) is 0 Å². The number of rotatable bonds is 6. The van der Waals surface area contributed by atoms with E-state index >= 15 is 0 Å². The average molecular weight is 296 g/mol. The maximum absolute atomic E-state index is 12.9. The minimum absolute atomic E-state index is 0.0846. The van der Waals surface area contributed by atoms with E-state index in [9.17, 15) is 9.18 Å². The first-order chi connectivity index (χ1) is 9.61. The lowest BCUT2D eigenvalue weighted by Gasteiger charge is -2.07. The Morgan fingerprint density at radius 1 is 1.45 bits per heavy atom. The number of hydrogen-bond acceptors (Lipinski definition) is 5. The molecule has 2 aromatic heterocycles. The van der Waals surface area contributed by atoms with Gasteiger partial charge in [-0.25, -0.2) is 9.37 Å². The summed E-state index contributed by atoms with van der Waals surface area (Å²) < 4.78 is 14.7. The van der Waals surface area contributed by atoms with E-state index in [-0.39, 0.29) is 5.75 Å². The van der Waals surface area contributed by atoms with Gasteiger partial charge in [0.1, 0.15) is 11.5 Å². The quantitative estimate of drug-likeness (QED) is 0.822. The standard InChI is InChI=1S/C12H13FN4O2S/c1-2-5-17-11(9-4-3-8(13)6-14-9)15-16-12(17)20-7-10(18)19/h3-4,6H,2,5,7H2,1H3,(H,18,19). The monoisotopic (exact) mass is 296 g/mol. The molecule has 2 rings (SSSR count). The second-order valence-electron chi connectivity index (χ2n) is 4.00. The van der Waals surface area contributed by atoms with Gasteiger partial charge >= 0.3 is 5.97 Å². The van der Waals surface area contributed by atoms with Crippen molar-refractivity contribution < 1.29 is 14.3 Å². The predicted molar refractivity (Wildman–Crippen MR) is 71.9 cm³/mol. The van der Waals surface area contributed by atoms with E-state index in [0.717, 1.165) is 24.4 Å². The molecule has 0 aromatic carbocycles. The summed E-state index contributed by atoms with van der Waals surface area (Å²) in [6.07, 6.45) is 1.96. The number of halogens is 1. The van der Waals surface area contributed by atoms with E-state index in [2.05, 4.69) is 15.2 Å². The number of nitrogens with zero attached hydrogens (tertiary/aromatic N) is 4. The minimum atomic E-state index is -0.914. The zero-order valence-electron chi connectivity index (χ0n) is 10.8. The van der Waals surface area contributed by atoms with Gasteiger partial charge in [0.2, 0.25) is 0 Å². The van der Waals surface area contributed by atoms with Gasteiger partial charge in [0, 0.05) is 6.54 Å². The number of aromatic nitrogens is 4. The highest BCUT2D eigenvalue weighted by molar-refractivity contribution is 7.99. The van der Waals surface area contributed by atoms with E-state index in [4.69, 9.17) is 5.11 Å². The van der Waals surface area contributed by atoms with E-state index < -0.39 is 11.8 Å². The molecule has 0 fully saturated rings. The molecule has 1 N–H and O–H groups in total. The van der Waals surface area contributed by atoms with Crippen molar-refractivity contribution >= 4 is 17.7 Å². The lowest BCUT2D eigenvalue weighted by Crippen LogP contribution is -2.05. The van der Waals surface area contributed by atoms with Crippen molar-refractivity contribution in [2.45, 2.75) is 25.0 Å². The van der Waals surface area contributed by atoms with Crippen molar-refractivity contribution in [3.63, 3.8) is 0 Å². The molecule has 0 aliphatic heterocycles. The van der Waals surface area contributed by atoms with E-state index in [1.807, 2.05) is 6.92 Å². The Kier molecular flexibility index (Phi) is 4.67. The van der Waals surface area contributed by atoms with E-state index in [1.165, 1.54) is 12.1 Å². The van der Waals surface area contributed by atoms with Crippen LogP contribution < -0.4 is 0 Å². The number of carboxylic acid groups (broad SMARTS) is 1. The van der Waals surface area contributed by atoms with Crippen molar-refractivity contribution in [1.82, 2.24) is 19.7 Å². The fraction of sp³-hybridized carbons (Fsp3) is 0.333. The molecule has 0 spiro atoms. The van der Waals surface area contributed by atoms with Gasteiger partial charge in [-0.1, -0.05) is 18.7 Å². The number of aliphatic carboxylic acids is 1. The molecule has 20 heavy (non-hydrogen) atoms. The van der Waals surface area contributed by atoms with Crippen LogP contribution in [-0.2, 0) is 11.3 Å². The fourth-order valence-corrected chi connectivity index (χ4v) is 2.33. The molecule has 0 aliphatic rings. The Hall–Kier alpha value is -1.96. The molecular weight excluding hydrogens is 283 g/mol. The number of carbonyl (C=O) groups is 1. The summed E-state index contributed by atoms with van der Waals surface area (Å²) in [5.41, 5.74) is 0.509. The van der Waals surface area contributed by atoms with Crippen molar-refractivity contribution in [3.05, 3.63) is 24.1 Å². The molecule has 106 valence electrons. The molecule has 0 amide bonds. The predicted octanol–water partition coefficient (Wildman–Crippen LogP) is 2.07. The Bertz CT molecular complexity index is 600. The van der Waals surface area contributed by atoms with Crippen molar-refractivity contribution in [3.8, 4) is 11.5 Å². The molecule has 8 heteroatoms. The van der Waals surface area contributed by atoms with Crippen molar-refractivity contribution in [2.24, 2.45) is 0 Å². The number of thioether (sulfide) groups is 1. The molecular formula is C12H13FN4O2S. The first-order valence-corrected chi connectivity index (χ1v) is 7.00. The lowest BCUT2D eigenvalue weighted by molar-refractivity contribution is -0.133. The van der Waals surface area contributed by atoms with Crippen molar-refractivity contribution in [2.75, 3.05) is 5.75 Å². The minimum Gasteiger partial charge on any atom is -0.481 e. The summed E-state index contributed by atoms with van der Waals surface area (Å²) in [7, 11) is 0. The molecule has 2 aromatic rings. The lowest BCUT2D eigenvalue weighted by atomic mass is 10.3. The summed E-state index contributed by atoms with van der Waals surface area (Å²) in [4.78, 5) is 14.6. The third-order valence-electron chi connectivity index (χ3n) is 2.45. The summed E-state index contributed by atoms with van der Waals surface area (Å²) >= 11 is 1.10. The van der Waals surface area contributed by atoms with Crippen LogP contribution in [0.1, 0.15) is 13.3 Å². The van der Waals surface area contributed by atoms with Gasteiger partial charge in [0.15, 0.2) is 11.0 Å². The van der Waals surface area contributed by atoms with Crippen LogP contribution in [0.3, 0.4) is 0 Å². The summed E-state index contributed by atoms with van der Waals surface area (Å²) in [5, 5.41) is 17.3. The van der Waals surface area contributed by atoms with E-state index in [0.29, 0.717) is 23.2 Å². The molecule has 0 aliphatic carbocycles. The fourth-order valence-electron chi connectivity index (χ4n) is 1.64. The number of hydrogen-bond donors (Lipinski definition) is 1. The maximum Gasteiger partial charge on any atom is 0.313 e. The molecule has 0 saturated carbocycles. The zero-order chi connectivity index (χ0) is 14.5. The van der Waals surface area contributed by atoms with Gasteiger partial charge in [-0.15, -0.1) is 10.2 Å². The highest BCUT2D eigenvalue weighted by Gasteiger charge is 2.15. The first-order valence-electron chi connectivity index (χ1n) is 6.01. The summed E-state index contributed by atoms with van der Waals surface area (Å²) in [5.74, 6) is -0.906. The van der Waals surface area contributed by atoms with Crippen LogP contribution in [0.25, 0.3) is 11.5 Å². The van der Waals surface area contributed by atoms with Crippen LogP contribution in [0.5, 0.6) is 0 Å². The summed E-state index contributed by atoms with van der Waals surface area (Å²) in [6, 6.07) is 2.83. The van der Waals surface area contributed by atoms with Gasteiger partial charge in [0.25, 0.3) is 0 Å². The van der Waals surface area contributed by atoms with Crippen LogP contribution >= 0.6 is 11.8 Å². The van der Waals surface area contributed by atoms with Gasteiger partial charge in [0.05, 0.1) is 11.9 Å². The topological polar surface area (TPSA) is 80.9 Å². The molecule has 2 heterocycles. The third kappa shape index (κ3) is 3.32. The molecule has 0 saturated heterocycles. The second-order valence-corrected chi connectivity index (χ2v) is 4.94.